The summed E-state index contributed by atoms with van der Waals surface area (Å²) in [5.41, 5.74) is 1.34. The van der Waals surface area contributed by atoms with Gasteiger partial charge in [-0.25, -0.2) is 0 Å². The zero-order valence-corrected chi connectivity index (χ0v) is 19.4. The highest BCUT2D eigenvalue weighted by molar-refractivity contribution is 5.85. The third-order valence-electron chi connectivity index (χ3n) is 7.04. The van der Waals surface area contributed by atoms with Crippen molar-refractivity contribution >= 4 is 30.7 Å². The lowest BCUT2D eigenvalue weighted by molar-refractivity contribution is -0.132. The molecule has 5 nitrogen and oxygen atoms in total. The number of hydrogen-bond acceptors (Lipinski definition) is 4. The molecule has 1 aromatic carbocycles. The SMILES string of the molecule is COc1ccc([C@@H]2[C@@H]3CN(C(=O)CN(C)C4CCCC4)C[C@@H]3CN2C)cc1.Cl.Cl. The van der Waals surface area contributed by atoms with Crippen molar-refractivity contribution in [3.8, 4) is 5.75 Å². The van der Waals surface area contributed by atoms with Crippen LogP contribution in [0.5, 0.6) is 5.75 Å². The zero-order chi connectivity index (χ0) is 19.0. The molecule has 0 radical (unpaired) electrons. The van der Waals surface area contributed by atoms with Crippen molar-refractivity contribution < 1.29 is 9.53 Å². The Morgan fingerprint density at radius 3 is 2.38 bits per heavy atom. The molecule has 4 rings (SSSR count). The third-order valence-corrected chi connectivity index (χ3v) is 7.04. The van der Waals surface area contributed by atoms with Gasteiger partial charge in [0.15, 0.2) is 0 Å². The van der Waals surface area contributed by atoms with E-state index in [-0.39, 0.29) is 24.8 Å². The third kappa shape index (κ3) is 5.01. The predicted octanol–water partition coefficient (Wildman–Crippen LogP) is 3.47. The topological polar surface area (TPSA) is 36.0 Å². The first-order valence-corrected chi connectivity index (χ1v) is 10.4. The summed E-state index contributed by atoms with van der Waals surface area (Å²) in [7, 11) is 6.04. The minimum atomic E-state index is 0. The number of ether oxygens (including phenoxy) is 1. The summed E-state index contributed by atoms with van der Waals surface area (Å²) in [4.78, 5) is 19.8. The van der Waals surface area contributed by atoms with E-state index in [1.807, 2.05) is 12.1 Å². The molecule has 2 heterocycles. The molecule has 1 saturated carbocycles. The average Bonchev–Trinajstić information content (AvgIpc) is 3.38. The van der Waals surface area contributed by atoms with Gasteiger partial charge in [-0.05, 0) is 50.6 Å². The quantitative estimate of drug-likeness (QED) is 0.697. The summed E-state index contributed by atoms with van der Waals surface area (Å²) in [6, 6.07) is 9.46. The normalized spacial score (nSPS) is 26.9. The zero-order valence-electron chi connectivity index (χ0n) is 17.8. The summed E-state index contributed by atoms with van der Waals surface area (Å²) in [6.45, 7) is 3.46. The lowest BCUT2D eigenvalue weighted by atomic mass is 9.89. The van der Waals surface area contributed by atoms with Crippen LogP contribution in [0.1, 0.15) is 37.3 Å². The van der Waals surface area contributed by atoms with Gasteiger partial charge in [0.1, 0.15) is 5.75 Å². The molecular formula is C22H35Cl2N3O2. The maximum atomic E-state index is 12.9. The highest BCUT2D eigenvalue weighted by Gasteiger charge is 2.47. The molecule has 0 bridgehead atoms. The Morgan fingerprint density at radius 1 is 1.10 bits per heavy atom. The van der Waals surface area contributed by atoms with E-state index >= 15 is 0 Å². The van der Waals surface area contributed by atoms with Gasteiger partial charge in [-0.2, -0.15) is 0 Å². The smallest absolute Gasteiger partial charge is 0.236 e. The fraction of sp³-hybridized carbons (Fsp3) is 0.682. The van der Waals surface area contributed by atoms with Crippen molar-refractivity contribution in [1.29, 1.82) is 0 Å². The van der Waals surface area contributed by atoms with Crippen molar-refractivity contribution in [2.45, 2.75) is 37.8 Å². The second kappa shape index (κ2) is 10.3. The Morgan fingerprint density at radius 2 is 1.76 bits per heavy atom. The van der Waals surface area contributed by atoms with Crippen LogP contribution in [0.15, 0.2) is 24.3 Å². The van der Waals surface area contributed by atoms with Gasteiger partial charge in [-0.1, -0.05) is 25.0 Å². The van der Waals surface area contributed by atoms with Gasteiger partial charge in [-0.15, -0.1) is 24.8 Å². The number of methoxy groups -OCH3 is 1. The van der Waals surface area contributed by atoms with E-state index in [2.05, 4.69) is 40.9 Å². The lowest BCUT2D eigenvalue weighted by Crippen LogP contribution is -2.42. The summed E-state index contributed by atoms with van der Waals surface area (Å²) >= 11 is 0. The first kappa shape index (κ1) is 24.3. The van der Waals surface area contributed by atoms with Crippen LogP contribution in [-0.2, 0) is 4.79 Å². The molecule has 2 aliphatic heterocycles. The maximum Gasteiger partial charge on any atom is 0.236 e. The molecule has 3 atom stereocenters. The summed E-state index contributed by atoms with van der Waals surface area (Å²) < 4.78 is 5.30. The maximum absolute atomic E-state index is 12.9. The molecule has 0 unspecified atom stereocenters. The number of likely N-dealkylation sites (tertiary alicyclic amines) is 2. The number of nitrogens with zero attached hydrogens (tertiary/aromatic N) is 3. The first-order valence-electron chi connectivity index (χ1n) is 10.4. The number of fused-ring (bicyclic) bond motifs is 1. The van der Waals surface area contributed by atoms with E-state index in [9.17, 15) is 4.79 Å². The second-order valence-corrected chi connectivity index (χ2v) is 8.73. The van der Waals surface area contributed by atoms with Crippen LogP contribution in [0, 0.1) is 11.8 Å². The van der Waals surface area contributed by atoms with Crippen LogP contribution < -0.4 is 4.74 Å². The Balaban J connectivity index is 0.00000150. The summed E-state index contributed by atoms with van der Waals surface area (Å²) in [5, 5.41) is 0. The first-order chi connectivity index (χ1) is 13.1. The van der Waals surface area contributed by atoms with Gasteiger partial charge in [0.05, 0.1) is 13.7 Å². The molecule has 1 amide bonds. The van der Waals surface area contributed by atoms with Crippen molar-refractivity contribution in [1.82, 2.24) is 14.7 Å². The fourth-order valence-electron chi connectivity index (χ4n) is 5.55. The Kier molecular flexibility index (Phi) is 8.65. The van der Waals surface area contributed by atoms with Crippen LogP contribution in [-0.4, -0.2) is 74.0 Å². The van der Waals surface area contributed by atoms with Crippen LogP contribution in [0.4, 0.5) is 0 Å². The average molecular weight is 444 g/mol. The number of halogens is 2. The molecule has 0 aromatic heterocycles. The van der Waals surface area contributed by atoms with E-state index in [0.717, 1.165) is 25.4 Å². The number of hydrogen-bond donors (Lipinski definition) is 0. The van der Waals surface area contributed by atoms with E-state index in [0.29, 0.717) is 36.4 Å². The number of likely N-dealkylation sites (N-methyl/N-ethyl adjacent to an activating group) is 1. The van der Waals surface area contributed by atoms with Crippen LogP contribution in [0.25, 0.3) is 0 Å². The van der Waals surface area contributed by atoms with E-state index in [1.54, 1.807) is 7.11 Å². The molecule has 29 heavy (non-hydrogen) atoms. The van der Waals surface area contributed by atoms with Crippen molar-refractivity contribution in [3.63, 3.8) is 0 Å². The van der Waals surface area contributed by atoms with Crippen molar-refractivity contribution in [3.05, 3.63) is 29.8 Å². The van der Waals surface area contributed by atoms with Gasteiger partial charge >= 0.3 is 0 Å². The van der Waals surface area contributed by atoms with Gasteiger partial charge < -0.3 is 9.64 Å². The van der Waals surface area contributed by atoms with Gasteiger partial charge in [0, 0.05) is 37.6 Å². The van der Waals surface area contributed by atoms with E-state index in [1.165, 1.54) is 31.2 Å². The number of benzene rings is 1. The molecule has 3 aliphatic rings. The van der Waals surface area contributed by atoms with Gasteiger partial charge in [-0.3, -0.25) is 14.6 Å². The van der Waals surface area contributed by atoms with E-state index < -0.39 is 0 Å². The summed E-state index contributed by atoms with van der Waals surface area (Å²) in [6.07, 6.45) is 5.12. The molecule has 2 saturated heterocycles. The van der Waals surface area contributed by atoms with Crippen LogP contribution in [0.2, 0.25) is 0 Å². The number of carbonyl (C=O) groups is 1. The minimum Gasteiger partial charge on any atom is -0.497 e. The Labute approximate surface area is 187 Å². The molecule has 1 aromatic rings. The van der Waals surface area contributed by atoms with Crippen LogP contribution in [0.3, 0.4) is 0 Å². The molecule has 3 fully saturated rings. The standard InChI is InChI=1S/C22H33N3O2.2ClH/c1-23(18-6-4-5-7-18)15-21(26)25-13-17-12-24(2)22(20(17)14-25)16-8-10-19(27-3)11-9-16;;/h8-11,17-18,20,22H,4-7,12-15H2,1-3H3;2*1H/t17-,20+,22+;;/m0../s1. The largest absolute Gasteiger partial charge is 0.497 e. The molecule has 0 spiro atoms. The summed E-state index contributed by atoms with van der Waals surface area (Å²) in [5.74, 6) is 2.33. The molecule has 7 heteroatoms. The Bertz CT molecular complexity index is 667. The lowest BCUT2D eigenvalue weighted by Gasteiger charge is -2.29. The number of amides is 1. The van der Waals surface area contributed by atoms with Gasteiger partial charge in [0.2, 0.25) is 5.91 Å². The monoisotopic (exact) mass is 443 g/mol. The van der Waals surface area contributed by atoms with E-state index in [4.69, 9.17) is 4.74 Å². The fourth-order valence-corrected chi connectivity index (χ4v) is 5.55. The van der Waals surface area contributed by atoms with Gasteiger partial charge in [0.25, 0.3) is 0 Å². The highest BCUT2D eigenvalue weighted by atomic mass is 35.5. The minimum absolute atomic E-state index is 0. The number of carbonyl (C=O) groups excluding carboxylic acids is 1. The molecule has 1 aliphatic carbocycles. The second-order valence-electron chi connectivity index (χ2n) is 8.73. The van der Waals surface area contributed by atoms with Crippen molar-refractivity contribution in [2.24, 2.45) is 11.8 Å². The molecule has 164 valence electrons. The van der Waals surface area contributed by atoms with Crippen molar-refractivity contribution in [2.75, 3.05) is 47.4 Å². The Hall–Kier alpha value is -1.01. The molecular weight excluding hydrogens is 409 g/mol. The highest BCUT2D eigenvalue weighted by Crippen LogP contribution is 2.44. The predicted molar refractivity (Wildman–Crippen MR) is 121 cm³/mol. The van der Waals surface area contributed by atoms with Crippen LogP contribution >= 0.6 is 24.8 Å². The number of rotatable bonds is 5. The molecule has 0 N–H and O–H groups in total.